The first-order chi connectivity index (χ1) is 9.61. The molecule has 0 atom stereocenters. The molecular weight excluding hydrogens is 280 g/mol. The molecule has 0 fully saturated rings. The average molecular weight is 292 g/mol. The van der Waals surface area contributed by atoms with Crippen LogP contribution in [0.5, 0.6) is 0 Å². The van der Waals surface area contributed by atoms with Crippen LogP contribution >= 0.6 is 11.3 Å². The van der Waals surface area contributed by atoms with Crippen molar-refractivity contribution in [3.05, 3.63) is 56.3 Å². The van der Waals surface area contributed by atoms with Gasteiger partial charge in [-0.25, -0.2) is 0 Å². The largest absolute Gasteiger partial charge is 0.347 e. The normalized spacial score (nSPS) is 10.1. The number of hydrogen-bond acceptors (Lipinski definition) is 6. The van der Waals surface area contributed by atoms with Gasteiger partial charge in [-0.1, -0.05) is 6.07 Å². The third-order valence-electron chi connectivity index (χ3n) is 2.61. The second-order valence-electron chi connectivity index (χ2n) is 3.90. The summed E-state index contributed by atoms with van der Waals surface area (Å²) in [6, 6.07) is 7.77. The molecule has 0 unspecified atom stereocenters. The summed E-state index contributed by atoms with van der Waals surface area (Å²) in [4.78, 5) is 23.4. The molecule has 1 amide bonds. The number of hydrazine groups is 1. The molecule has 0 aliphatic rings. The van der Waals surface area contributed by atoms with Crippen LogP contribution in [0, 0.1) is 10.1 Å². The molecule has 4 N–H and O–H groups in total. The van der Waals surface area contributed by atoms with Crippen LogP contribution in [0.3, 0.4) is 0 Å². The molecule has 2 aromatic rings. The lowest BCUT2D eigenvalue weighted by atomic mass is 10.1. The van der Waals surface area contributed by atoms with Crippen LogP contribution in [0.15, 0.2) is 35.7 Å². The summed E-state index contributed by atoms with van der Waals surface area (Å²) in [5.74, 6) is 4.73. The zero-order valence-corrected chi connectivity index (χ0v) is 11.1. The number of nitrogens with zero attached hydrogens (tertiary/aromatic N) is 1. The van der Waals surface area contributed by atoms with E-state index in [1.165, 1.54) is 29.5 Å². The number of anilines is 1. The van der Waals surface area contributed by atoms with E-state index in [4.69, 9.17) is 5.84 Å². The number of thiophene rings is 1. The Bertz CT molecular complexity index is 628. The predicted octanol–water partition coefficient (Wildman–Crippen LogP) is 1.87. The fourth-order valence-electron chi connectivity index (χ4n) is 1.64. The van der Waals surface area contributed by atoms with Crippen molar-refractivity contribution in [3.8, 4) is 0 Å². The Balaban J connectivity index is 2.20. The maximum atomic E-state index is 12.1. The summed E-state index contributed by atoms with van der Waals surface area (Å²) < 4.78 is 0. The highest BCUT2D eigenvalue weighted by molar-refractivity contribution is 7.09. The summed E-state index contributed by atoms with van der Waals surface area (Å²) in [5.41, 5.74) is 2.50. The van der Waals surface area contributed by atoms with Gasteiger partial charge in [-0.05, 0) is 23.6 Å². The molecule has 0 bridgehead atoms. The van der Waals surface area contributed by atoms with Crippen molar-refractivity contribution in [2.45, 2.75) is 6.54 Å². The van der Waals surface area contributed by atoms with Gasteiger partial charge in [0.15, 0.2) is 0 Å². The first kappa shape index (κ1) is 14.0. The molecule has 1 aromatic heterocycles. The molecule has 0 spiro atoms. The molecule has 20 heavy (non-hydrogen) atoms. The van der Waals surface area contributed by atoms with Gasteiger partial charge in [-0.15, -0.1) is 11.3 Å². The average Bonchev–Trinajstić information content (AvgIpc) is 2.97. The zero-order valence-electron chi connectivity index (χ0n) is 10.3. The molecule has 0 saturated heterocycles. The molecule has 0 radical (unpaired) electrons. The number of carbonyl (C=O) groups excluding carboxylic acids is 1. The minimum absolute atomic E-state index is 0.0259. The van der Waals surface area contributed by atoms with E-state index in [-0.39, 0.29) is 11.3 Å². The Morgan fingerprint density at radius 2 is 2.20 bits per heavy atom. The van der Waals surface area contributed by atoms with Crippen molar-refractivity contribution in [2.24, 2.45) is 5.84 Å². The quantitative estimate of drug-likeness (QED) is 0.442. The Morgan fingerprint density at radius 3 is 2.80 bits per heavy atom. The van der Waals surface area contributed by atoms with Crippen molar-refractivity contribution in [3.63, 3.8) is 0 Å². The maximum absolute atomic E-state index is 12.1. The SMILES string of the molecule is NNc1ccc([N+](=O)[O-])c(C(=O)NCc2cccs2)c1. The third-order valence-corrected chi connectivity index (χ3v) is 3.48. The van der Waals surface area contributed by atoms with E-state index in [1.54, 1.807) is 0 Å². The summed E-state index contributed by atoms with van der Waals surface area (Å²) >= 11 is 1.50. The van der Waals surface area contributed by atoms with Gasteiger partial charge in [0.25, 0.3) is 11.6 Å². The number of nitro groups is 1. The Hall–Kier alpha value is -2.45. The predicted molar refractivity (Wildman–Crippen MR) is 76.4 cm³/mol. The summed E-state index contributed by atoms with van der Waals surface area (Å²) in [6.45, 7) is 0.327. The molecule has 0 saturated carbocycles. The number of nitrogens with two attached hydrogens (primary N) is 1. The van der Waals surface area contributed by atoms with Crippen molar-refractivity contribution < 1.29 is 9.72 Å². The highest BCUT2D eigenvalue weighted by atomic mass is 32.1. The van der Waals surface area contributed by atoms with Crippen molar-refractivity contribution in [1.29, 1.82) is 0 Å². The lowest BCUT2D eigenvalue weighted by Gasteiger charge is -2.07. The third kappa shape index (κ3) is 3.11. The van der Waals surface area contributed by atoms with E-state index >= 15 is 0 Å². The summed E-state index contributed by atoms with van der Waals surface area (Å²) in [7, 11) is 0. The van der Waals surface area contributed by atoms with Gasteiger partial charge in [-0.3, -0.25) is 20.8 Å². The first-order valence-corrected chi connectivity index (χ1v) is 6.55. The van der Waals surface area contributed by atoms with E-state index in [2.05, 4.69) is 10.7 Å². The second-order valence-corrected chi connectivity index (χ2v) is 4.93. The summed E-state index contributed by atoms with van der Waals surface area (Å²) in [5, 5.41) is 15.5. The Kier molecular flexibility index (Phi) is 4.28. The van der Waals surface area contributed by atoms with E-state index in [0.717, 1.165) is 4.88 Å². The van der Waals surface area contributed by atoms with Crippen LogP contribution in [0.2, 0.25) is 0 Å². The van der Waals surface area contributed by atoms with Crippen molar-refractivity contribution in [2.75, 3.05) is 5.43 Å². The molecule has 7 nitrogen and oxygen atoms in total. The minimum Gasteiger partial charge on any atom is -0.347 e. The van der Waals surface area contributed by atoms with Gasteiger partial charge in [-0.2, -0.15) is 0 Å². The lowest BCUT2D eigenvalue weighted by molar-refractivity contribution is -0.385. The molecule has 104 valence electrons. The van der Waals surface area contributed by atoms with Gasteiger partial charge in [0, 0.05) is 16.6 Å². The highest BCUT2D eigenvalue weighted by Crippen LogP contribution is 2.22. The van der Waals surface area contributed by atoms with Crippen LogP contribution < -0.4 is 16.6 Å². The number of benzene rings is 1. The fraction of sp³-hybridized carbons (Fsp3) is 0.0833. The van der Waals surface area contributed by atoms with Gasteiger partial charge in [0.05, 0.1) is 11.5 Å². The lowest BCUT2D eigenvalue weighted by Crippen LogP contribution is -2.23. The monoisotopic (exact) mass is 292 g/mol. The van der Waals surface area contributed by atoms with Crippen molar-refractivity contribution in [1.82, 2.24) is 5.32 Å². The topological polar surface area (TPSA) is 110 Å². The van der Waals surface area contributed by atoms with Crippen LogP contribution in [0.1, 0.15) is 15.2 Å². The fourth-order valence-corrected chi connectivity index (χ4v) is 2.29. The maximum Gasteiger partial charge on any atom is 0.282 e. The molecule has 1 heterocycles. The van der Waals surface area contributed by atoms with Crippen LogP contribution in [0.4, 0.5) is 11.4 Å². The number of carbonyl (C=O) groups is 1. The van der Waals surface area contributed by atoms with Gasteiger partial charge in [0.1, 0.15) is 5.56 Å². The van der Waals surface area contributed by atoms with Gasteiger partial charge < -0.3 is 10.7 Å². The van der Waals surface area contributed by atoms with Gasteiger partial charge in [0.2, 0.25) is 0 Å². The standard InChI is InChI=1S/C12H12N4O3S/c13-15-8-3-4-11(16(18)19)10(6-8)12(17)14-7-9-2-1-5-20-9/h1-6,15H,7,13H2,(H,14,17). The smallest absolute Gasteiger partial charge is 0.282 e. The molecule has 0 aliphatic carbocycles. The number of rotatable bonds is 5. The number of hydrogen-bond donors (Lipinski definition) is 3. The van der Waals surface area contributed by atoms with Crippen molar-refractivity contribution >= 4 is 28.6 Å². The molecule has 2 rings (SSSR count). The van der Waals surface area contributed by atoms with E-state index in [9.17, 15) is 14.9 Å². The molecule has 1 aromatic carbocycles. The minimum atomic E-state index is -0.597. The van der Waals surface area contributed by atoms with Crippen LogP contribution in [-0.4, -0.2) is 10.8 Å². The van der Waals surface area contributed by atoms with Crippen LogP contribution in [0.25, 0.3) is 0 Å². The Labute approximate surface area is 118 Å². The molecule has 0 aliphatic heterocycles. The number of amides is 1. The van der Waals surface area contributed by atoms with E-state index in [1.807, 2.05) is 17.5 Å². The number of nitrogens with one attached hydrogen (secondary N) is 2. The second kappa shape index (κ2) is 6.13. The van der Waals surface area contributed by atoms with Crippen LogP contribution in [-0.2, 0) is 6.54 Å². The van der Waals surface area contributed by atoms with Gasteiger partial charge >= 0.3 is 0 Å². The first-order valence-electron chi connectivity index (χ1n) is 5.67. The molecule has 8 heteroatoms. The number of nitrogen functional groups attached to an aromatic ring is 1. The Morgan fingerprint density at radius 1 is 1.40 bits per heavy atom. The van der Waals surface area contributed by atoms with E-state index < -0.39 is 10.8 Å². The zero-order chi connectivity index (χ0) is 14.5. The van der Waals surface area contributed by atoms with E-state index in [0.29, 0.717) is 12.2 Å². The number of nitro benzene ring substituents is 1. The highest BCUT2D eigenvalue weighted by Gasteiger charge is 2.20. The molecular formula is C12H12N4O3S. The summed E-state index contributed by atoms with van der Waals surface area (Å²) in [6.07, 6.45) is 0.